The number of rotatable bonds is 4. The maximum absolute atomic E-state index is 13.1. The molecule has 1 amide bonds. The highest BCUT2D eigenvalue weighted by Gasteiger charge is 2.63. The molecule has 0 radical (unpaired) electrons. The van der Waals surface area contributed by atoms with Crippen molar-refractivity contribution in [3.05, 3.63) is 35.9 Å². The summed E-state index contributed by atoms with van der Waals surface area (Å²) in [4.78, 5) is 25.7. The first kappa shape index (κ1) is 21.0. The Morgan fingerprint density at radius 3 is 2.54 bits per heavy atom. The molecule has 3 rings (SSSR count). The molecule has 2 heterocycles. The lowest BCUT2D eigenvalue weighted by Gasteiger charge is -2.59. The van der Waals surface area contributed by atoms with Gasteiger partial charge in [-0.3, -0.25) is 9.59 Å². The minimum Gasteiger partial charge on any atom is -0.461 e. The first-order valence-electron chi connectivity index (χ1n) is 9.85. The topological polar surface area (TPSA) is 76.1 Å². The van der Waals surface area contributed by atoms with Crippen LogP contribution in [-0.2, 0) is 25.7 Å². The average Bonchev–Trinajstić information content (AvgIpc) is 2.63. The second kappa shape index (κ2) is 7.28. The maximum atomic E-state index is 13.1. The third kappa shape index (κ3) is 3.75. The highest BCUT2D eigenvalue weighted by Crippen LogP contribution is 2.47. The molecule has 2 fully saturated rings. The molecule has 28 heavy (non-hydrogen) atoms. The summed E-state index contributed by atoms with van der Waals surface area (Å²) in [5.74, 6) is -1.03. The Morgan fingerprint density at radius 1 is 1.32 bits per heavy atom. The molecule has 1 aromatic rings. The molecule has 1 spiro atoms. The number of aliphatic hydroxyl groups is 1. The van der Waals surface area contributed by atoms with Crippen LogP contribution in [0.15, 0.2) is 30.3 Å². The average molecular weight is 406 g/mol. The minimum absolute atomic E-state index is 0.0194. The number of hydrogen-bond acceptors (Lipinski definition) is 5. The number of hydrogen-bond donors (Lipinski definition) is 1. The summed E-state index contributed by atoms with van der Waals surface area (Å²) in [7, 11) is -2.02. The summed E-state index contributed by atoms with van der Waals surface area (Å²) < 4.78 is 13.0. The molecular formula is C21H31NO5Si. The van der Waals surface area contributed by atoms with Crippen molar-refractivity contribution >= 4 is 20.1 Å². The Hall–Kier alpha value is -1.70. The van der Waals surface area contributed by atoms with Gasteiger partial charge < -0.3 is 19.1 Å². The normalized spacial score (nSPS) is 28.2. The number of nitrogens with zero attached hydrogens (tertiary/aromatic N) is 1. The van der Waals surface area contributed by atoms with Crippen molar-refractivity contribution in [3.63, 3.8) is 0 Å². The van der Waals surface area contributed by atoms with Crippen LogP contribution in [-0.4, -0.2) is 48.2 Å². The molecule has 0 aliphatic carbocycles. The molecule has 6 nitrogen and oxygen atoms in total. The van der Waals surface area contributed by atoms with Gasteiger partial charge in [-0.1, -0.05) is 64.2 Å². The van der Waals surface area contributed by atoms with E-state index in [1.807, 2.05) is 34.9 Å². The molecule has 0 saturated carbocycles. The van der Waals surface area contributed by atoms with Crippen LogP contribution in [0.4, 0.5) is 0 Å². The van der Waals surface area contributed by atoms with Crippen LogP contribution in [0.25, 0.3) is 0 Å². The molecule has 0 aromatic heterocycles. The van der Waals surface area contributed by atoms with Gasteiger partial charge in [-0.25, -0.2) is 0 Å². The summed E-state index contributed by atoms with van der Waals surface area (Å²) in [6.07, 6.45) is -0.710. The van der Waals surface area contributed by atoms with Gasteiger partial charge in [0.05, 0.1) is 12.5 Å². The monoisotopic (exact) mass is 405 g/mol. The van der Waals surface area contributed by atoms with Crippen molar-refractivity contribution in [3.8, 4) is 0 Å². The van der Waals surface area contributed by atoms with Gasteiger partial charge in [-0.2, -0.15) is 0 Å². The van der Waals surface area contributed by atoms with Crippen molar-refractivity contribution < 1.29 is 24.2 Å². The Bertz CT molecular complexity index is 745. The Balaban J connectivity index is 1.66. The van der Waals surface area contributed by atoms with E-state index in [0.717, 1.165) is 5.56 Å². The van der Waals surface area contributed by atoms with Crippen LogP contribution in [0.3, 0.4) is 0 Å². The van der Waals surface area contributed by atoms with E-state index >= 15 is 0 Å². The number of esters is 1. The van der Waals surface area contributed by atoms with E-state index in [0.29, 0.717) is 6.54 Å². The Kier molecular flexibility index (Phi) is 5.46. The van der Waals surface area contributed by atoms with Gasteiger partial charge in [-0.15, -0.1) is 0 Å². The number of carbonyl (C=O) groups excluding carboxylic acids is 2. The highest BCUT2D eigenvalue weighted by molar-refractivity contribution is 6.80. The SMILES string of the molecule is CC(C)(C)[Si](C)(C)N1C[C@@]2(C[C@@H](C(=O)OCc3ccccc3)C[C@H](O)O2)C1=O. The quantitative estimate of drug-likeness (QED) is 0.473. The fourth-order valence-electron chi connectivity index (χ4n) is 3.75. The second-order valence-electron chi connectivity index (χ2n) is 9.50. The van der Waals surface area contributed by atoms with Crippen LogP contribution >= 0.6 is 0 Å². The number of ether oxygens (including phenoxy) is 2. The van der Waals surface area contributed by atoms with Gasteiger partial charge in [0.1, 0.15) is 6.61 Å². The number of aliphatic hydroxyl groups excluding tert-OH is 1. The smallest absolute Gasteiger partial charge is 0.309 e. The molecule has 1 N–H and O–H groups in total. The van der Waals surface area contributed by atoms with E-state index in [1.165, 1.54) is 0 Å². The third-order valence-corrected chi connectivity index (χ3v) is 11.9. The third-order valence-electron chi connectivity index (χ3n) is 6.54. The first-order valence-corrected chi connectivity index (χ1v) is 12.8. The molecule has 2 saturated heterocycles. The Morgan fingerprint density at radius 2 is 1.96 bits per heavy atom. The van der Waals surface area contributed by atoms with Crippen molar-refractivity contribution in [1.82, 2.24) is 4.57 Å². The standard InChI is InChI=1S/C21H31NO5Si/c1-20(2,3)28(4,5)22-14-21(19(22)25)12-16(11-17(23)27-21)18(24)26-13-15-9-7-6-8-10-15/h6-10,16-17,23H,11-14H2,1-5H3/t16-,17+,21-/m0/s1. The molecule has 2 aliphatic heterocycles. The van der Waals surface area contributed by atoms with Crippen LogP contribution < -0.4 is 0 Å². The zero-order valence-corrected chi connectivity index (χ0v) is 18.4. The largest absolute Gasteiger partial charge is 0.461 e. The summed E-state index contributed by atoms with van der Waals surface area (Å²) in [6.45, 7) is 11.4. The minimum atomic E-state index is -2.02. The van der Waals surface area contributed by atoms with E-state index in [1.54, 1.807) is 0 Å². The summed E-state index contributed by atoms with van der Waals surface area (Å²) in [5, 5.41) is 10.2. The first-order chi connectivity index (χ1) is 13.0. The van der Waals surface area contributed by atoms with Gasteiger partial charge in [0.2, 0.25) is 5.91 Å². The summed E-state index contributed by atoms with van der Waals surface area (Å²) in [6, 6.07) is 9.46. The zero-order valence-electron chi connectivity index (χ0n) is 17.4. The summed E-state index contributed by atoms with van der Waals surface area (Å²) >= 11 is 0. The van der Waals surface area contributed by atoms with Gasteiger partial charge >= 0.3 is 5.97 Å². The van der Waals surface area contributed by atoms with E-state index in [-0.39, 0.29) is 36.4 Å². The van der Waals surface area contributed by atoms with Crippen LogP contribution in [0.1, 0.15) is 39.2 Å². The number of β-lactam (4-membered cyclic amide) rings is 1. The lowest BCUT2D eigenvalue weighted by molar-refractivity contribution is -0.251. The molecular weight excluding hydrogens is 374 g/mol. The molecule has 1 aromatic carbocycles. The number of carbonyl (C=O) groups is 2. The fourth-order valence-corrected chi connectivity index (χ4v) is 5.92. The fraction of sp³-hybridized carbons (Fsp3) is 0.619. The molecule has 0 unspecified atom stereocenters. The van der Waals surface area contributed by atoms with E-state index in [9.17, 15) is 14.7 Å². The van der Waals surface area contributed by atoms with Gasteiger partial charge in [0.15, 0.2) is 20.1 Å². The van der Waals surface area contributed by atoms with Crippen molar-refractivity contribution in [2.45, 2.75) is 70.2 Å². The predicted octanol–water partition coefficient (Wildman–Crippen LogP) is 3.06. The van der Waals surface area contributed by atoms with E-state index in [2.05, 4.69) is 33.9 Å². The van der Waals surface area contributed by atoms with E-state index < -0.39 is 26.0 Å². The molecule has 3 atom stereocenters. The number of benzene rings is 1. The molecule has 7 heteroatoms. The molecule has 0 bridgehead atoms. The lowest BCUT2D eigenvalue weighted by Crippen LogP contribution is -2.78. The molecule has 2 aliphatic rings. The number of amides is 1. The van der Waals surface area contributed by atoms with Crippen molar-refractivity contribution in [1.29, 1.82) is 0 Å². The second-order valence-corrected chi connectivity index (χ2v) is 14.7. The van der Waals surface area contributed by atoms with Crippen molar-refractivity contribution in [2.24, 2.45) is 5.92 Å². The van der Waals surface area contributed by atoms with Gasteiger partial charge in [-0.05, 0) is 10.6 Å². The van der Waals surface area contributed by atoms with Crippen LogP contribution in [0.5, 0.6) is 0 Å². The van der Waals surface area contributed by atoms with E-state index in [4.69, 9.17) is 9.47 Å². The van der Waals surface area contributed by atoms with Gasteiger partial charge in [0, 0.05) is 12.8 Å². The summed E-state index contributed by atoms with van der Waals surface area (Å²) in [5.41, 5.74) is -0.189. The van der Waals surface area contributed by atoms with Gasteiger partial charge in [0.25, 0.3) is 0 Å². The van der Waals surface area contributed by atoms with Crippen molar-refractivity contribution in [2.75, 3.05) is 6.54 Å². The maximum Gasteiger partial charge on any atom is 0.309 e. The highest BCUT2D eigenvalue weighted by atomic mass is 28.3. The molecule has 154 valence electrons. The van der Waals surface area contributed by atoms with Crippen LogP contribution in [0.2, 0.25) is 18.1 Å². The predicted molar refractivity (Wildman–Crippen MR) is 108 cm³/mol. The lowest BCUT2D eigenvalue weighted by atomic mass is 9.80. The van der Waals surface area contributed by atoms with Crippen LogP contribution in [0, 0.1) is 5.92 Å². The Labute approximate surface area is 167 Å². The zero-order chi connectivity index (χ0) is 20.7.